The van der Waals surface area contributed by atoms with Gasteiger partial charge in [-0.1, -0.05) is 17.7 Å². The van der Waals surface area contributed by atoms with Crippen LogP contribution in [0.15, 0.2) is 18.2 Å². The maximum Gasteiger partial charge on any atom is 0.311 e. The van der Waals surface area contributed by atoms with Crippen LogP contribution in [0.1, 0.15) is 18.6 Å². The summed E-state index contributed by atoms with van der Waals surface area (Å²) < 4.78 is 9.70. The van der Waals surface area contributed by atoms with Crippen LogP contribution in [0.2, 0.25) is 5.02 Å². The summed E-state index contributed by atoms with van der Waals surface area (Å²) in [5.41, 5.74) is 0.398. The predicted molar refractivity (Wildman–Crippen MR) is 64.1 cm³/mol. The summed E-state index contributed by atoms with van der Waals surface area (Å²) in [6.07, 6.45) is -1.06. The normalized spacial score (nSPS) is 13.9. The number of carbonyl (C=O) groups excluding carboxylic acids is 1. The van der Waals surface area contributed by atoms with Crippen molar-refractivity contribution in [3.8, 4) is 5.75 Å². The van der Waals surface area contributed by atoms with Crippen molar-refractivity contribution in [3.05, 3.63) is 28.8 Å². The first-order valence-electron chi connectivity index (χ1n) is 5.11. The topological polar surface area (TPSA) is 55.8 Å². The Balaban J connectivity index is 3.10. The van der Waals surface area contributed by atoms with Crippen molar-refractivity contribution in [1.82, 2.24) is 0 Å². The molecule has 0 bridgehead atoms. The SMILES string of the molecule is COC(=O)C(C)C(O)c1c(Cl)cccc1OC. The first-order valence-corrected chi connectivity index (χ1v) is 5.49. The minimum atomic E-state index is -1.06. The Morgan fingerprint density at radius 3 is 2.59 bits per heavy atom. The molecule has 94 valence electrons. The van der Waals surface area contributed by atoms with E-state index in [4.69, 9.17) is 16.3 Å². The Hall–Kier alpha value is -1.26. The maximum absolute atomic E-state index is 11.4. The molecule has 0 saturated heterocycles. The third-order valence-electron chi connectivity index (χ3n) is 2.58. The van der Waals surface area contributed by atoms with Crippen molar-refractivity contribution in [3.63, 3.8) is 0 Å². The number of rotatable bonds is 4. The van der Waals surface area contributed by atoms with Crippen molar-refractivity contribution < 1.29 is 19.4 Å². The van der Waals surface area contributed by atoms with Gasteiger partial charge in [0.2, 0.25) is 0 Å². The lowest BCUT2D eigenvalue weighted by Gasteiger charge is -2.20. The Bertz CT molecular complexity index is 405. The van der Waals surface area contributed by atoms with E-state index < -0.39 is 18.0 Å². The van der Waals surface area contributed by atoms with Gasteiger partial charge in [-0.3, -0.25) is 4.79 Å². The van der Waals surface area contributed by atoms with Crippen LogP contribution in [0.5, 0.6) is 5.75 Å². The van der Waals surface area contributed by atoms with Crippen LogP contribution in [0.4, 0.5) is 0 Å². The molecule has 0 heterocycles. The lowest BCUT2D eigenvalue weighted by Crippen LogP contribution is -2.21. The number of esters is 1. The van der Waals surface area contributed by atoms with E-state index in [1.54, 1.807) is 25.1 Å². The lowest BCUT2D eigenvalue weighted by molar-refractivity contribution is -0.148. The molecule has 2 unspecified atom stereocenters. The molecule has 0 fully saturated rings. The van der Waals surface area contributed by atoms with Crippen LogP contribution < -0.4 is 4.74 Å². The molecule has 17 heavy (non-hydrogen) atoms. The fourth-order valence-corrected chi connectivity index (χ4v) is 1.82. The molecule has 5 heteroatoms. The van der Waals surface area contributed by atoms with Gasteiger partial charge in [0, 0.05) is 5.56 Å². The second-order valence-corrected chi connectivity index (χ2v) is 4.02. The summed E-state index contributed by atoms with van der Waals surface area (Å²) in [6, 6.07) is 5.02. The molecule has 4 nitrogen and oxygen atoms in total. The maximum atomic E-state index is 11.4. The molecule has 0 spiro atoms. The Kier molecular flexibility index (Phi) is 4.78. The number of halogens is 1. The van der Waals surface area contributed by atoms with E-state index in [0.29, 0.717) is 16.3 Å². The molecule has 1 aromatic carbocycles. The summed E-state index contributed by atoms with van der Waals surface area (Å²) >= 11 is 6.00. The zero-order valence-electron chi connectivity index (χ0n) is 9.94. The molecule has 0 aromatic heterocycles. The zero-order valence-corrected chi connectivity index (χ0v) is 10.7. The number of ether oxygens (including phenoxy) is 2. The van der Waals surface area contributed by atoms with E-state index >= 15 is 0 Å². The monoisotopic (exact) mass is 258 g/mol. The minimum Gasteiger partial charge on any atom is -0.496 e. The number of carbonyl (C=O) groups is 1. The standard InChI is InChI=1S/C12H15ClO4/c1-7(12(15)17-3)11(14)10-8(13)5-4-6-9(10)16-2/h4-7,11,14H,1-3H3. The van der Waals surface area contributed by atoms with Gasteiger partial charge in [-0.25, -0.2) is 0 Å². The molecule has 1 aromatic rings. The van der Waals surface area contributed by atoms with Gasteiger partial charge >= 0.3 is 5.97 Å². The highest BCUT2D eigenvalue weighted by Gasteiger charge is 2.28. The molecule has 0 aliphatic heterocycles. The summed E-state index contributed by atoms with van der Waals surface area (Å²) in [4.78, 5) is 11.4. The molecule has 0 amide bonds. The van der Waals surface area contributed by atoms with Gasteiger partial charge in [-0.2, -0.15) is 0 Å². The summed E-state index contributed by atoms with van der Waals surface area (Å²) in [6.45, 7) is 1.57. The summed E-state index contributed by atoms with van der Waals surface area (Å²) in [5, 5.41) is 10.5. The van der Waals surface area contributed by atoms with E-state index in [2.05, 4.69) is 4.74 Å². The largest absolute Gasteiger partial charge is 0.496 e. The molecule has 2 atom stereocenters. The Labute approximate surface area is 105 Å². The molecule has 0 saturated carbocycles. The van der Waals surface area contributed by atoms with Crippen LogP contribution in [-0.4, -0.2) is 25.3 Å². The number of benzene rings is 1. The lowest BCUT2D eigenvalue weighted by atomic mass is 9.96. The third kappa shape index (κ3) is 2.90. The van der Waals surface area contributed by atoms with Crippen LogP contribution in [-0.2, 0) is 9.53 Å². The number of hydrogen-bond acceptors (Lipinski definition) is 4. The average Bonchev–Trinajstić information content (AvgIpc) is 2.35. The van der Waals surface area contributed by atoms with E-state index in [1.807, 2.05) is 0 Å². The van der Waals surface area contributed by atoms with E-state index in [-0.39, 0.29) is 0 Å². The second-order valence-electron chi connectivity index (χ2n) is 3.61. The van der Waals surface area contributed by atoms with Crippen molar-refractivity contribution in [2.45, 2.75) is 13.0 Å². The summed E-state index contributed by atoms with van der Waals surface area (Å²) in [5.74, 6) is -0.769. The van der Waals surface area contributed by atoms with Crippen LogP contribution in [0.3, 0.4) is 0 Å². The smallest absolute Gasteiger partial charge is 0.311 e. The number of aliphatic hydroxyl groups is 1. The van der Waals surface area contributed by atoms with Crippen molar-refractivity contribution in [2.24, 2.45) is 5.92 Å². The highest BCUT2D eigenvalue weighted by atomic mass is 35.5. The Morgan fingerprint density at radius 2 is 2.06 bits per heavy atom. The summed E-state index contributed by atoms with van der Waals surface area (Å²) in [7, 11) is 2.75. The first kappa shape index (κ1) is 13.8. The molecule has 1 N–H and O–H groups in total. The fourth-order valence-electron chi connectivity index (χ4n) is 1.55. The third-order valence-corrected chi connectivity index (χ3v) is 2.90. The molecular formula is C12H15ClO4. The number of aliphatic hydroxyl groups excluding tert-OH is 1. The van der Waals surface area contributed by atoms with Gasteiger partial charge in [0.15, 0.2) is 0 Å². The fraction of sp³-hybridized carbons (Fsp3) is 0.417. The van der Waals surface area contributed by atoms with Crippen LogP contribution >= 0.6 is 11.6 Å². The van der Waals surface area contributed by atoms with Crippen molar-refractivity contribution in [1.29, 1.82) is 0 Å². The van der Waals surface area contributed by atoms with E-state index in [0.717, 1.165) is 0 Å². The van der Waals surface area contributed by atoms with Gasteiger partial charge < -0.3 is 14.6 Å². The van der Waals surface area contributed by atoms with Gasteiger partial charge in [-0.15, -0.1) is 0 Å². The number of hydrogen-bond donors (Lipinski definition) is 1. The zero-order chi connectivity index (χ0) is 13.0. The number of methoxy groups -OCH3 is 2. The van der Waals surface area contributed by atoms with Crippen molar-refractivity contribution in [2.75, 3.05) is 14.2 Å². The van der Waals surface area contributed by atoms with Crippen molar-refractivity contribution >= 4 is 17.6 Å². The average molecular weight is 259 g/mol. The molecule has 0 aliphatic rings. The quantitative estimate of drug-likeness (QED) is 0.841. The van der Waals surface area contributed by atoms with E-state index in [1.165, 1.54) is 14.2 Å². The van der Waals surface area contributed by atoms with Gasteiger partial charge in [0.05, 0.1) is 31.3 Å². The molecular weight excluding hydrogens is 244 g/mol. The second kappa shape index (κ2) is 5.89. The van der Waals surface area contributed by atoms with Crippen LogP contribution in [0, 0.1) is 5.92 Å². The Morgan fingerprint density at radius 1 is 1.41 bits per heavy atom. The molecule has 0 radical (unpaired) electrons. The minimum absolute atomic E-state index is 0.354. The van der Waals surface area contributed by atoms with Gasteiger partial charge in [0.1, 0.15) is 5.75 Å². The van der Waals surface area contributed by atoms with Crippen LogP contribution in [0.25, 0.3) is 0 Å². The molecule has 1 rings (SSSR count). The molecule has 0 aliphatic carbocycles. The van der Waals surface area contributed by atoms with Gasteiger partial charge in [0.25, 0.3) is 0 Å². The highest BCUT2D eigenvalue weighted by Crippen LogP contribution is 2.35. The first-order chi connectivity index (χ1) is 8.02. The van der Waals surface area contributed by atoms with Gasteiger partial charge in [-0.05, 0) is 19.1 Å². The predicted octanol–water partition coefficient (Wildman–Crippen LogP) is 2.19. The van der Waals surface area contributed by atoms with E-state index in [9.17, 15) is 9.90 Å². The highest BCUT2D eigenvalue weighted by molar-refractivity contribution is 6.31.